The standard InChI is InChI=1S/C14H18ClN3O2S2/c1-2-16-13-17-18-14(22-13)21-9-12(19)8-20-7-10-3-5-11(15)6-4-10/h3-6,12,19H,2,7-9H2,1H3,(H,16,17). The van der Waals surface area contributed by atoms with Gasteiger partial charge in [-0.25, -0.2) is 0 Å². The summed E-state index contributed by atoms with van der Waals surface area (Å²) >= 11 is 8.79. The van der Waals surface area contributed by atoms with E-state index in [-0.39, 0.29) is 6.61 Å². The van der Waals surface area contributed by atoms with Crippen molar-refractivity contribution in [3.63, 3.8) is 0 Å². The van der Waals surface area contributed by atoms with Crippen LogP contribution in [0.1, 0.15) is 12.5 Å². The Balaban J connectivity index is 1.64. The smallest absolute Gasteiger partial charge is 0.206 e. The van der Waals surface area contributed by atoms with E-state index in [1.807, 2.05) is 31.2 Å². The summed E-state index contributed by atoms with van der Waals surface area (Å²) < 4.78 is 6.34. The molecule has 5 nitrogen and oxygen atoms in total. The first kappa shape index (κ1) is 17.5. The molecule has 0 bridgehead atoms. The average Bonchev–Trinajstić information content (AvgIpc) is 2.95. The van der Waals surface area contributed by atoms with Gasteiger partial charge in [0.25, 0.3) is 0 Å². The molecule has 0 amide bonds. The van der Waals surface area contributed by atoms with Gasteiger partial charge in [-0.1, -0.05) is 46.8 Å². The van der Waals surface area contributed by atoms with Gasteiger partial charge in [0.2, 0.25) is 5.13 Å². The predicted molar refractivity (Wildman–Crippen MR) is 91.9 cm³/mol. The Kier molecular flexibility index (Phi) is 7.41. The Hall–Kier alpha value is -0.860. The molecule has 0 aliphatic carbocycles. The maximum atomic E-state index is 9.92. The summed E-state index contributed by atoms with van der Waals surface area (Å²) in [5.41, 5.74) is 1.03. The summed E-state index contributed by atoms with van der Waals surface area (Å²) in [6.07, 6.45) is -0.538. The van der Waals surface area contributed by atoms with Crippen LogP contribution in [0.4, 0.5) is 5.13 Å². The highest BCUT2D eigenvalue weighted by Crippen LogP contribution is 2.25. The van der Waals surface area contributed by atoms with Crippen LogP contribution in [-0.2, 0) is 11.3 Å². The quantitative estimate of drug-likeness (QED) is 0.670. The van der Waals surface area contributed by atoms with E-state index >= 15 is 0 Å². The number of aliphatic hydroxyl groups is 1. The Labute approximate surface area is 143 Å². The first-order valence-electron chi connectivity index (χ1n) is 6.87. The molecule has 2 rings (SSSR count). The van der Waals surface area contributed by atoms with Gasteiger partial charge in [-0.05, 0) is 24.6 Å². The van der Waals surface area contributed by atoms with Gasteiger partial charge in [0.15, 0.2) is 4.34 Å². The van der Waals surface area contributed by atoms with Crippen LogP contribution in [0.3, 0.4) is 0 Å². The van der Waals surface area contributed by atoms with Crippen LogP contribution in [0.2, 0.25) is 5.02 Å². The lowest BCUT2D eigenvalue weighted by atomic mass is 10.2. The maximum absolute atomic E-state index is 9.92. The Morgan fingerprint density at radius 1 is 1.36 bits per heavy atom. The number of thioether (sulfide) groups is 1. The minimum absolute atomic E-state index is 0.286. The highest BCUT2D eigenvalue weighted by Gasteiger charge is 2.09. The van der Waals surface area contributed by atoms with E-state index in [2.05, 4.69) is 15.5 Å². The fourth-order valence-corrected chi connectivity index (χ4v) is 3.48. The number of halogens is 1. The molecule has 8 heteroatoms. The van der Waals surface area contributed by atoms with Crippen LogP contribution < -0.4 is 5.32 Å². The second-order valence-electron chi connectivity index (χ2n) is 4.51. The molecular formula is C14H18ClN3O2S2. The van der Waals surface area contributed by atoms with Crippen molar-refractivity contribution in [1.29, 1.82) is 0 Å². The van der Waals surface area contributed by atoms with Crippen LogP contribution in [0, 0.1) is 0 Å². The second kappa shape index (κ2) is 9.32. The Morgan fingerprint density at radius 2 is 2.14 bits per heavy atom. The van der Waals surface area contributed by atoms with Crippen molar-refractivity contribution in [2.24, 2.45) is 0 Å². The average molecular weight is 360 g/mol. The lowest BCUT2D eigenvalue weighted by Crippen LogP contribution is -2.17. The number of anilines is 1. The fraction of sp³-hybridized carbons (Fsp3) is 0.429. The van der Waals surface area contributed by atoms with Crippen LogP contribution in [0.25, 0.3) is 0 Å². The van der Waals surface area contributed by atoms with Crippen LogP contribution in [0.5, 0.6) is 0 Å². The van der Waals surface area contributed by atoms with Gasteiger partial charge in [-0.3, -0.25) is 0 Å². The molecule has 0 aliphatic heterocycles. The number of hydrogen-bond donors (Lipinski definition) is 2. The molecule has 0 saturated carbocycles. The summed E-state index contributed by atoms with van der Waals surface area (Å²) in [5, 5.41) is 22.6. The minimum atomic E-state index is -0.538. The minimum Gasteiger partial charge on any atom is -0.390 e. The molecule has 2 aromatic rings. The SMILES string of the molecule is CCNc1nnc(SCC(O)COCc2ccc(Cl)cc2)s1. The predicted octanol–water partition coefficient (Wildman–Crippen LogP) is 3.29. The zero-order valence-corrected chi connectivity index (χ0v) is 14.5. The second-order valence-corrected chi connectivity index (χ2v) is 7.19. The number of ether oxygens (including phenoxy) is 1. The van der Waals surface area contributed by atoms with Crippen molar-refractivity contribution in [3.8, 4) is 0 Å². The normalized spacial score (nSPS) is 12.3. The van der Waals surface area contributed by atoms with Crippen molar-refractivity contribution in [3.05, 3.63) is 34.9 Å². The number of aromatic nitrogens is 2. The molecule has 22 heavy (non-hydrogen) atoms. The molecule has 120 valence electrons. The third-order valence-corrected chi connectivity index (χ3v) is 5.04. The molecule has 1 unspecified atom stereocenters. The number of aliphatic hydroxyl groups excluding tert-OH is 1. The van der Waals surface area contributed by atoms with Crippen LogP contribution in [-0.4, -0.2) is 40.3 Å². The number of hydrogen-bond acceptors (Lipinski definition) is 7. The van der Waals surface area contributed by atoms with Gasteiger partial charge >= 0.3 is 0 Å². The lowest BCUT2D eigenvalue weighted by Gasteiger charge is -2.10. The van der Waals surface area contributed by atoms with Crippen molar-refractivity contribution in [2.75, 3.05) is 24.2 Å². The van der Waals surface area contributed by atoms with Crippen molar-refractivity contribution >= 4 is 39.8 Å². The van der Waals surface area contributed by atoms with Crippen molar-refractivity contribution in [2.45, 2.75) is 24.0 Å². The van der Waals surface area contributed by atoms with Gasteiger partial charge in [-0.15, -0.1) is 10.2 Å². The van der Waals surface area contributed by atoms with Crippen molar-refractivity contribution < 1.29 is 9.84 Å². The number of nitrogens with one attached hydrogen (secondary N) is 1. The molecule has 0 fully saturated rings. The van der Waals surface area contributed by atoms with Gasteiger partial charge in [0, 0.05) is 17.3 Å². The van der Waals surface area contributed by atoms with E-state index in [0.717, 1.165) is 21.6 Å². The monoisotopic (exact) mass is 359 g/mol. The zero-order chi connectivity index (χ0) is 15.8. The summed E-state index contributed by atoms with van der Waals surface area (Å²) in [7, 11) is 0. The molecule has 1 heterocycles. The van der Waals surface area contributed by atoms with E-state index in [1.54, 1.807) is 0 Å². The maximum Gasteiger partial charge on any atom is 0.206 e. The highest BCUT2D eigenvalue weighted by molar-refractivity contribution is 8.01. The van der Waals surface area contributed by atoms with Gasteiger partial charge in [-0.2, -0.15) is 0 Å². The van der Waals surface area contributed by atoms with E-state index in [1.165, 1.54) is 23.1 Å². The largest absolute Gasteiger partial charge is 0.390 e. The molecule has 0 saturated heterocycles. The molecular weight excluding hydrogens is 342 g/mol. The number of nitrogens with zero attached hydrogens (tertiary/aromatic N) is 2. The van der Waals surface area contributed by atoms with E-state index < -0.39 is 6.10 Å². The molecule has 1 aromatic carbocycles. The molecule has 0 spiro atoms. The number of benzene rings is 1. The van der Waals surface area contributed by atoms with Crippen LogP contribution in [0.15, 0.2) is 28.6 Å². The molecule has 1 aromatic heterocycles. The van der Waals surface area contributed by atoms with E-state index in [4.69, 9.17) is 16.3 Å². The first-order valence-corrected chi connectivity index (χ1v) is 9.05. The molecule has 1 atom stereocenters. The first-order chi connectivity index (χ1) is 10.7. The Bertz CT molecular complexity index is 565. The summed E-state index contributed by atoms with van der Waals surface area (Å²) in [6, 6.07) is 7.47. The highest BCUT2D eigenvalue weighted by atomic mass is 35.5. The third kappa shape index (κ3) is 6.10. The lowest BCUT2D eigenvalue weighted by molar-refractivity contribution is 0.0398. The van der Waals surface area contributed by atoms with Gasteiger partial charge in [0.05, 0.1) is 19.3 Å². The van der Waals surface area contributed by atoms with E-state index in [9.17, 15) is 5.11 Å². The Morgan fingerprint density at radius 3 is 2.86 bits per heavy atom. The molecule has 0 aliphatic rings. The summed E-state index contributed by atoms with van der Waals surface area (Å²) in [4.78, 5) is 0. The van der Waals surface area contributed by atoms with Crippen molar-refractivity contribution in [1.82, 2.24) is 10.2 Å². The molecule has 2 N–H and O–H groups in total. The van der Waals surface area contributed by atoms with Gasteiger partial charge < -0.3 is 15.2 Å². The summed E-state index contributed by atoms with van der Waals surface area (Å²) in [5.74, 6) is 0.529. The topological polar surface area (TPSA) is 67.3 Å². The number of rotatable bonds is 9. The van der Waals surface area contributed by atoms with Crippen LogP contribution >= 0.6 is 34.7 Å². The van der Waals surface area contributed by atoms with E-state index in [0.29, 0.717) is 17.4 Å². The molecule has 0 radical (unpaired) electrons. The van der Waals surface area contributed by atoms with Gasteiger partial charge in [0.1, 0.15) is 0 Å². The third-order valence-electron chi connectivity index (χ3n) is 2.63. The zero-order valence-electron chi connectivity index (χ0n) is 12.2. The fourth-order valence-electron chi connectivity index (χ4n) is 1.60. The summed E-state index contributed by atoms with van der Waals surface area (Å²) in [6.45, 7) is 3.58.